The summed E-state index contributed by atoms with van der Waals surface area (Å²) >= 11 is 0. The predicted octanol–water partition coefficient (Wildman–Crippen LogP) is 4.85. The van der Waals surface area contributed by atoms with Crippen molar-refractivity contribution in [2.75, 3.05) is 26.3 Å². The molecule has 7 nitrogen and oxygen atoms in total. The Morgan fingerprint density at radius 1 is 1.15 bits per heavy atom. The van der Waals surface area contributed by atoms with E-state index in [-0.39, 0.29) is 18.0 Å². The lowest BCUT2D eigenvalue weighted by atomic mass is 9.94. The predicted molar refractivity (Wildman–Crippen MR) is 127 cm³/mol. The molecule has 1 aliphatic heterocycles. The summed E-state index contributed by atoms with van der Waals surface area (Å²) in [6.45, 7) is 7.78. The number of ether oxygens (including phenoxy) is 2. The van der Waals surface area contributed by atoms with E-state index in [0.717, 1.165) is 65.7 Å². The van der Waals surface area contributed by atoms with Gasteiger partial charge in [-0.1, -0.05) is 0 Å². The lowest BCUT2D eigenvalue weighted by Crippen LogP contribution is -2.46. The van der Waals surface area contributed by atoms with Crippen LogP contribution >= 0.6 is 0 Å². The van der Waals surface area contributed by atoms with E-state index in [4.69, 9.17) is 13.9 Å². The highest BCUT2D eigenvalue weighted by atomic mass is 16.6. The summed E-state index contributed by atoms with van der Waals surface area (Å²) in [7, 11) is 0. The van der Waals surface area contributed by atoms with Gasteiger partial charge in [-0.15, -0.1) is 0 Å². The molecule has 1 saturated heterocycles. The van der Waals surface area contributed by atoms with E-state index in [9.17, 15) is 9.59 Å². The van der Waals surface area contributed by atoms with Crippen LogP contribution in [0.1, 0.15) is 63.3 Å². The van der Waals surface area contributed by atoms with Crippen LogP contribution in [0.2, 0.25) is 0 Å². The van der Waals surface area contributed by atoms with Crippen LogP contribution in [0.25, 0.3) is 16.5 Å². The number of aryl methyl sites for hydroxylation is 2. The highest BCUT2D eigenvalue weighted by Crippen LogP contribution is 2.38. The number of nitrogens with one attached hydrogen (secondary N) is 1. The minimum absolute atomic E-state index is 0.0435. The lowest BCUT2D eigenvalue weighted by molar-refractivity contribution is -0.117. The summed E-state index contributed by atoms with van der Waals surface area (Å²) in [5.74, 6) is 1.70. The van der Waals surface area contributed by atoms with Gasteiger partial charge in [0.2, 0.25) is 5.91 Å². The van der Waals surface area contributed by atoms with Crippen molar-refractivity contribution in [1.82, 2.24) is 10.2 Å². The Labute approximate surface area is 195 Å². The smallest absolute Gasteiger partial charge is 0.409 e. The number of furan rings is 1. The molecule has 2 heterocycles. The summed E-state index contributed by atoms with van der Waals surface area (Å²) in [5, 5.41) is 4.22. The van der Waals surface area contributed by atoms with Crippen molar-refractivity contribution in [3.05, 3.63) is 35.1 Å². The third kappa shape index (κ3) is 5.18. The zero-order chi connectivity index (χ0) is 23.4. The Bertz CT molecular complexity index is 1050. The maximum Gasteiger partial charge on any atom is 0.409 e. The molecule has 0 radical (unpaired) electrons. The molecular formula is C26H34N2O5. The van der Waals surface area contributed by atoms with E-state index in [1.165, 1.54) is 12.0 Å². The molecule has 1 N–H and O–H groups in total. The molecule has 1 aromatic heterocycles. The van der Waals surface area contributed by atoms with Crippen LogP contribution in [0.4, 0.5) is 4.79 Å². The Morgan fingerprint density at radius 2 is 1.91 bits per heavy atom. The fraction of sp³-hybridized carbons (Fsp3) is 0.538. The van der Waals surface area contributed by atoms with Crippen LogP contribution in [0.15, 0.2) is 22.6 Å². The minimum atomic E-state index is -0.279. The van der Waals surface area contributed by atoms with Gasteiger partial charge in [0.05, 0.1) is 13.2 Å². The molecule has 1 fully saturated rings. The van der Waals surface area contributed by atoms with Gasteiger partial charge in [-0.05, 0) is 64.5 Å². The maximum atomic E-state index is 12.8. The number of nitrogens with zero attached hydrogens (tertiary/aromatic N) is 1. The van der Waals surface area contributed by atoms with Crippen molar-refractivity contribution >= 4 is 28.5 Å². The van der Waals surface area contributed by atoms with Gasteiger partial charge in [0.25, 0.3) is 0 Å². The molecule has 4 rings (SSSR count). The van der Waals surface area contributed by atoms with E-state index >= 15 is 0 Å². The fourth-order valence-corrected chi connectivity index (χ4v) is 4.81. The largest absolute Gasteiger partial charge is 0.493 e. The molecular weight excluding hydrogens is 420 g/mol. The van der Waals surface area contributed by atoms with E-state index in [0.29, 0.717) is 26.3 Å². The summed E-state index contributed by atoms with van der Waals surface area (Å²) in [4.78, 5) is 26.3. The molecule has 2 aliphatic rings. The number of amides is 2. The second-order valence-electron chi connectivity index (χ2n) is 8.78. The van der Waals surface area contributed by atoms with Crippen molar-refractivity contribution in [2.24, 2.45) is 0 Å². The Hall–Kier alpha value is -2.96. The van der Waals surface area contributed by atoms with Gasteiger partial charge in [0.1, 0.15) is 17.1 Å². The highest BCUT2D eigenvalue weighted by Gasteiger charge is 2.25. The number of hydrogen-bond donors (Lipinski definition) is 1. The molecule has 0 saturated carbocycles. The van der Waals surface area contributed by atoms with E-state index < -0.39 is 0 Å². The first-order valence-electron chi connectivity index (χ1n) is 12.1. The van der Waals surface area contributed by atoms with Gasteiger partial charge in [0.15, 0.2) is 0 Å². The van der Waals surface area contributed by atoms with Gasteiger partial charge in [0, 0.05) is 54.2 Å². The summed E-state index contributed by atoms with van der Waals surface area (Å²) in [6, 6.07) is 4.12. The molecule has 2 amide bonds. The average molecular weight is 455 g/mol. The number of piperidine rings is 1. The fourth-order valence-electron chi connectivity index (χ4n) is 4.81. The van der Waals surface area contributed by atoms with Crippen LogP contribution < -0.4 is 10.1 Å². The number of allylic oxidation sites excluding steroid dienone is 1. The Kier molecular flexibility index (Phi) is 7.26. The van der Waals surface area contributed by atoms with Crippen molar-refractivity contribution in [1.29, 1.82) is 0 Å². The molecule has 0 atom stereocenters. The van der Waals surface area contributed by atoms with E-state index in [1.54, 1.807) is 17.9 Å². The van der Waals surface area contributed by atoms with Gasteiger partial charge >= 0.3 is 6.09 Å². The van der Waals surface area contributed by atoms with Crippen LogP contribution in [0.5, 0.6) is 5.75 Å². The molecule has 0 unspecified atom stereocenters. The monoisotopic (exact) mass is 454 g/mol. The Balaban J connectivity index is 1.48. The standard InChI is InChI=1S/C26H34N2O5/c1-4-31-23-16-24-21(19-8-6-7-9-22(19)33-24)15-20(23)17(3)14-25(29)27-18-10-12-28(13-11-18)26(30)32-5-2/h14-16,18H,4-13H2,1-3H3,(H,27,29)/b17-14+. The summed E-state index contributed by atoms with van der Waals surface area (Å²) < 4.78 is 17.1. The third-order valence-electron chi connectivity index (χ3n) is 6.50. The van der Waals surface area contributed by atoms with Gasteiger partial charge in [-0.25, -0.2) is 4.79 Å². The van der Waals surface area contributed by atoms with Crippen LogP contribution in [0, 0.1) is 0 Å². The number of hydrogen-bond acceptors (Lipinski definition) is 5. The molecule has 1 aliphatic carbocycles. The third-order valence-corrected chi connectivity index (χ3v) is 6.50. The second kappa shape index (κ2) is 10.3. The molecule has 0 spiro atoms. The minimum Gasteiger partial charge on any atom is -0.493 e. The Morgan fingerprint density at radius 3 is 2.64 bits per heavy atom. The normalized spacial score (nSPS) is 17.1. The van der Waals surface area contributed by atoms with Crippen molar-refractivity contribution < 1.29 is 23.5 Å². The highest BCUT2D eigenvalue weighted by molar-refractivity contribution is 5.97. The quantitative estimate of drug-likeness (QED) is 0.631. The van der Waals surface area contributed by atoms with Crippen LogP contribution in [-0.2, 0) is 22.4 Å². The van der Waals surface area contributed by atoms with Crippen molar-refractivity contribution in [2.45, 2.75) is 65.3 Å². The SMILES string of the molecule is CCOC(=O)N1CCC(NC(=O)/C=C(\C)c2cc3c4c(oc3cc2OCC)CCCC4)CC1. The van der Waals surface area contributed by atoms with Crippen LogP contribution in [-0.4, -0.2) is 49.2 Å². The number of carbonyl (C=O) groups excluding carboxylic acids is 2. The van der Waals surface area contributed by atoms with Crippen molar-refractivity contribution in [3.63, 3.8) is 0 Å². The van der Waals surface area contributed by atoms with E-state index in [1.807, 2.05) is 19.9 Å². The number of carbonyl (C=O) groups is 2. The van der Waals surface area contributed by atoms with Crippen LogP contribution in [0.3, 0.4) is 0 Å². The number of benzene rings is 1. The number of fused-ring (bicyclic) bond motifs is 3. The molecule has 178 valence electrons. The number of likely N-dealkylation sites (tertiary alicyclic amines) is 1. The average Bonchev–Trinajstić information content (AvgIpc) is 3.16. The second-order valence-corrected chi connectivity index (χ2v) is 8.78. The molecule has 0 bridgehead atoms. The van der Waals surface area contributed by atoms with Crippen molar-refractivity contribution in [3.8, 4) is 5.75 Å². The van der Waals surface area contributed by atoms with Gasteiger partial charge in [-0.3, -0.25) is 4.79 Å². The molecule has 7 heteroatoms. The lowest BCUT2D eigenvalue weighted by Gasteiger charge is -2.31. The topological polar surface area (TPSA) is 81.0 Å². The summed E-state index contributed by atoms with van der Waals surface area (Å²) in [5.41, 5.74) is 3.93. The zero-order valence-electron chi connectivity index (χ0n) is 19.9. The first kappa shape index (κ1) is 23.2. The van der Waals surface area contributed by atoms with Gasteiger partial charge in [-0.2, -0.15) is 0 Å². The zero-order valence-corrected chi connectivity index (χ0v) is 19.9. The van der Waals surface area contributed by atoms with Gasteiger partial charge < -0.3 is 24.1 Å². The molecule has 2 aromatic rings. The van der Waals surface area contributed by atoms with E-state index in [2.05, 4.69) is 11.4 Å². The maximum absolute atomic E-state index is 12.8. The molecule has 33 heavy (non-hydrogen) atoms. The summed E-state index contributed by atoms with van der Waals surface area (Å²) in [6.07, 6.45) is 7.15. The number of rotatable bonds is 6. The molecule has 1 aromatic carbocycles. The first-order chi connectivity index (χ1) is 16.0. The first-order valence-corrected chi connectivity index (χ1v) is 12.1.